The zero-order chi connectivity index (χ0) is 21.1. The number of ether oxygens (including phenoxy) is 1. The van der Waals surface area contributed by atoms with E-state index in [1.54, 1.807) is 4.90 Å². The van der Waals surface area contributed by atoms with E-state index < -0.39 is 10.0 Å². The summed E-state index contributed by atoms with van der Waals surface area (Å²) in [5.74, 6) is 0.176. The highest BCUT2D eigenvalue weighted by molar-refractivity contribution is 7.89. The van der Waals surface area contributed by atoms with Crippen molar-refractivity contribution in [1.29, 1.82) is 0 Å². The third kappa shape index (κ3) is 4.04. The van der Waals surface area contributed by atoms with E-state index >= 15 is 0 Å². The number of nitrogens with zero attached hydrogens (tertiary/aromatic N) is 1. The summed E-state index contributed by atoms with van der Waals surface area (Å²) in [6.07, 6.45) is 1.91. The highest BCUT2D eigenvalue weighted by Gasteiger charge is 2.25. The molecule has 6 nitrogen and oxygen atoms in total. The van der Waals surface area contributed by atoms with Crippen molar-refractivity contribution in [2.24, 2.45) is 0 Å². The summed E-state index contributed by atoms with van der Waals surface area (Å²) in [6.45, 7) is 1.52. The van der Waals surface area contributed by atoms with Crippen LogP contribution in [-0.4, -0.2) is 39.4 Å². The van der Waals surface area contributed by atoms with Gasteiger partial charge in [0, 0.05) is 19.6 Å². The molecule has 0 aliphatic carbocycles. The summed E-state index contributed by atoms with van der Waals surface area (Å²) in [6, 6.07) is 18.1. The number of amides is 1. The Labute approximate surface area is 176 Å². The molecule has 3 aromatic rings. The second kappa shape index (κ2) is 8.45. The average molecular weight is 425 g/mol. The first-order chi connectivity index (χ1) is 14.5. The zero-order valence-electron chi connectivity index (χ0n) is 16.8. The highest BCUT2D eigenvalue weighted by atomic mass is 32.2. The molecule has 156 valence electrons. The summed E-state index contributed by atoms with van der Waals surface area (Å²) in [4.78, 5) is 14.6. The number of benzene rings is 3. The zero-order valence-corrected chi connectivity index (χ0v) is 17.6. The van der Waals surface area contributed by atoms with E-state index in [0.717, 1.165) is 29.2 Å². The number of methoxy groups -OCH3 is 1. The van der Waals surface area contributed by atoms with E-state index in [0.29, 0.717) is 18.8 Å². The van der Waals surface area contributed by atoms with Crippen LogP contribution in [0.2, 0.25) is 0 Å². The van der Waals surface area contributed by atoms with Crippen molar-refractivity contribution in [3.63, 3.8) is 0 Å². The number of carbonyl (C=O) groups excluding carboxylic acids is 1. The first kappa shape index (κ1) is 20.4. The largest absolute Gasteiger partial charge is 0.496 e. The van der Waals surface area contributed by atoms with Crippen LogP contribution >= 0.6 is 0 Å². The second-order valence-corrected chi connectivity index (χ2v) is 9.09. The summed E-state index contributed by atoms with van der Waals surface area (Å²) in [7, 11) is -2.33. The number of hydrogen-bond acceptors (Lipinski definition) is 4. The summed E-state index contributed by atoms with van der Waals surface area (Å²) in [5, 5.41) is 2.06. The lowest BCUT2D eigenvalue weighted by atomic mass is 10.1. The van der Waals surface area contributed by atoms with Gasteiger partial charge in [0.1, 0.15) is 5.75 Å². The monoisotopic (exact) mass is 424 g/mol. The first-order valence-electron chi connectivity index (χ1n) is 9.93. The van der Waals surface area contributed by atoms with Crippen molar-refractivity contribution >= 4 is 26.7 Å². The lowest BCUT2D eigenvalue weighted by Gasteiger charge is -2.18. The molecule has 0 saturated carbocycles. The van der Waals surface area contributed by atoms with E-state index in [1.165, 1.54) is 25.3 Å². The molecule has 30 heavy (non-hydrogen) atoms. The number of nitrogens with one attached hydrogen (secondary N) is 1. The van der Waals surface area contributed by atoms with E-state index in [1.807, 2.05) is 42.5 Å². The molecule has 1 amide bonds. The van der Waals surface area contributed by atoms with E-state index in [9.17, 15) is 13.2 Å². The number of hydrogen-bond donors (Lipinski definition) is 1. The Kier molecular flexibility index (Phi) is 5.74. The fourth-order valence-electron chi connectivity index (χ4n) is 3.81. The van der Waals surface area contributed by atoms with Crippen LogP contribution in [-0.2, 0) is 16.6 Å². The topological polar surface area (TPSA) is 75.7 Å². The van der Waals surface area contributed by atoms with E-state index in [4.69, 9.17) is 4.74 Å². The SMILES string of the molecule is COc1ccc(S(=O)(=O)NCc2cccc3ccccc23)cc1C(=O)N1CCCC1. The summed E-state index contributed by atoms with van der Waals surface area (Å²) < 4.78 is 33.9. The van der Waals surface area contributed by atoms with Crippen molar-refractivity contribution in [3.05, 3.63) is 71.8 Å². The van der Waals surface area contributed by atoms with Crippen LogP contribution in [0.4, 0.5) is 0 Å². The molecule has 3 aromatic carbocycles. The lowest BCUT2D eigenvalue weighted by molar-refractivity contribution is 0.0789. The number of fused-ring (bicyclic) bond motifs is 1. The lowest BCUT2D eigenvalue weighted by Crippen LogP contribution is -2.29. The van der Waals surface area contributed by atoms with Crippen LogP contribution in [0.3, 0.4) is 0 Å². The minimum absolute atomic E-state index is 0.0473. The van der Waals surface area contributed by atoms with Crippen molar-refractivity contribution in [2.45, 2.75) is 24.3 Å². The predicted octanol–water partition coefficient (Wildman–Crippen LogP) is 3.56. The average Bonchev–Trinajstić information content (AvgIpc) is 3.31. The Morgan fingerprint density at radius 2 is 1.77 bits per heavy atom. The number of sulfonamides is 1. The molecule has 0 unspecified atom stereocenters. The number of rotatable bonds is 6. The molecule has 0 aromatic heterocycles. The van der Waals surface area contributed by atoms with Gasteiger partial charge in [-0.1, -0.05) is 42.5 Å². The van der Waals surface area contributed by atoms with Gasteiger partial charge in [0.2, 0.25) is 10.0 Å². The van der Waals surface area contributed by atoms with Crippen LogP contribution in [0, 0.1) is 0 Å². The molecular formula is C23H24N2O4S. The third-order valence-electron chi connectivity index (χ3n) is 5.44. The molecule has 1 fully saturated rings. The molecule has 0 radical (unpaired) electrons. The number of carbonyl (C=O) groups is 1. The second-order valence-electron chi connectivity index (χ2n) is 7.32. The minimum Gasteiger partial charge on any atom is -0.496 e. The van der Waals surface area contributed by atoms with Crippen molar-refractivity contribution < 1.29 is 17.9 Å². The third-order valence-corrected chi connectivity index (χ3v) is 6.84. The molecule has 1 aliphatic rings. The van der Waals surface area contributed by atoms with Gasteiger partial charge < -0.3 is 9.64 Å². The van der Waals surface area contributed by atoms with E-state index in [-0.39, 0.29) is 22.9 Å². The maximum atomic E-state index is 13.0. The van der Waals surface area contributed by atoms with Crippen LogP contribution in [0.5, 0.6) is 5.75 Å². The molecule has 1 saturated heterocycles. The fourth-order valence-corrected chi connectivity index (χ4v) is 4.85. The molecule has 0 bridgehead atoms. The highest BCUT2D eigenvalue weighted by Crippen LogP contribution is 2.26. The first-order valence-corrected chi connectivity index (χ1v) is 11.4. The normalized spacial score (nSPS) is 14.2. The van der Waals surface area contributed by atoms with E-state index in [2.05, 4.69) is 4.72 Å². The Hall–Kier alpha value is -2.90. The van der Waals surface area contributed by atoms with Crippen LogP contribution in [0.1, 0.15) is 28.8 Å². The molecule has 1 N–H and O–H groups in total. The molecule has 4 rings (SSSR count). The molecule has 1 aliphatic heterocycles. The standard InChI is InChI=1S/C23H24N2O4S/c1-29-22-12-11-19(15-21(22)23(26)25-13-4-5-14-25)30(27,28)24-16-18-9-6-8-17-7-2-3-10-20(17)18/h2-3,6-12,15,24H,4-5,13-14,16H2,1H3. The van der Waals surface area contributed by atoms with Crippen LogP contribution in [0.25, 0.3) is 10.8 Å². The van der Waals surface area contributed by atoms with Gasteiger partial charge in [-0.05, 0) is 47.4 Å². The van der Waals surface area contributed by atoms with Crippen molar-refractivity contribution in [3.8, 4) is 5.75 Å². The molecule has 0 atom stereocenters. The fraction of sp³-hybridized carbons (Fsp3) is 0.261. The van der Waals surface area contributed by atoms with Gasteiger partial charge in [-0.2, -0.15) is 0 Å². The van der Waals surface area contributed by atoms with Gasteiger partial charge in [0.15, 0.2) is 0 Å². The maximum Gasteiger partial charge on any atom is 0.257 e. The van der Waals surface area contributed by atoms with Gasteiger partial charge >= 0.3 is 0 Å². The summed E-state index contributed by atoms with van der Waals surface area (Å²) in [5.41, 5.74) is 1.16. The molecule has 1 heterocycles. The van der Waals surface area contributed by atoms with Crippen LogP contribution in [0.15, 0.2) is 65.6 Å². The minimum atomic E-state index is -3.81. The Bertz CT molecular complexity index is 1180. The number of likely N-dealkylation sites (tertiary alicyclic amines) is 1. The van der Waals surface area contributed by atoms with Gasteiger partial charge in [-0.25, -0.2) is 13.1 Å². The molecule has 0 spiro atoms. The van der Waals surface area contributed by atoms with Crippen molar-refractivity contribution in [1.82, 2.24) is 9.62 Å². The van der Waals surface area contributed by atoms with Crippen LogP contribution < -0.4 is 9.46 Å². The predicted molar refractivity (Wildman–Crippen MR) is 116 cm³/mol. The quantitative estimate of drug-likeness (QED) is 0.657. The van der Waals surface area contributed by atoms with Gasteiger partial charge in [0.25, 0.3) is 5.91 Å². The Morgan fingerprint density at radius 3 is 2.53 bits per heavy atom. The van der Waals surface area contributed by atoms with Crippen molar-refractivity contribution in [2.75, 3.05) is 20.2 Å². The maximum absolute atomic E-state index is 13.0. The summed E-state index contributed by atoms with van der Waals surface area (Å²) >= 11 is 0. The smallest absolute Gasteiger partial charge is 0.257 e. The Morgan fingerprint density at radius 1 is 1.03 bits per heavy atom. The molecule has 7 heteroatoms. The van der Waals surface area contributed by atoms with Gasteiger partial charge in [-0.15, -0.1) is 0 Å². The van der Waals surface area contributed by atoms with Gasteiger partial charge in [-0.3, -0.25) is 4.79 Å². The molecular weight excluding hydrogens is 400 g/mol. The van der Waals surface area contributed by atoms with Gasteiger partial charge in [0.05, 0.1) is 17.6 Å². The Balaban J connectivity index is 1.60.